The second-order valence-corrected chi connectivity index (χ2v) is 19.4. The van der Waals surface area contributed by atoms with Gasteiger partial charge < -0.3 is 9.80 Å². The van der Waals surface area contributed by atoms with Gasteiger partial charge in [-0.3, -0.25) is 0 Å². The minimum Gasteiger partial charge on any atom is -0.337 e. The zero-order valence-corrected chi connectivity index (χ0v) is 40.8. The minimum absolute atomic E-state index is 0.478. The van der Waals surface area contributed by atoms with E-state index in [0.29, 0.717) is 0 Å². The van der Waals surface area contributed by atoms with Crippen LogP contribution in [-0.2, 0) is 5.41 Å². The Morgan fingerprint density at radius 2 is 1.03 bits per heavy atom. The molecule has 0 unspecified atom stereocenters. The Bertz CT molecular complexity index is 3920. The van der Waals surface area contributed by atoms with Crippen LogP contribution in [-0.4, -0.2) is 6.54 Å². The summed E-state index contributed by atoms with van der Waals surface area (Å²) in [5.74, 6) is 0. The molecular weight excluding hydrogens is 881 g/mol. The van der Waals surface area contributed by atoms with Gasteiger partial charge in [0.2, 0.25) is 0 Å². The van der Waals surface area contributed by atoms with Crippen molar-refractivity contribution in [3.8, 4) is 33.4 Å². The molecule has 1 aliphatic carbocycles. The number of fused-ring (bicyclic) bond motifs is 6. The molecule has 2 heteroatoms. The lowest BCUT2D eigenvalue weighted by Gasteiger charge is -2.34. The van der Waals surface area contributed by atoms with Crippen molar-refractivity contribution in [2.45, 2.75) is 12.3 Å². The second kappa shape index (κ2) is 18.2. The van der Waals surface area contributed by atoms with Crippen LogP contribution in [0.25, 0.3) is 60.5 Å². The highest BCUT2D eigenvalue weighted by molar-refractivity contribution is 6.07. The summed E-state index contributed by atoms with van der Waals surface area (Å²) < 4.78 is 0. The van der Waals surface area contributed by atoms with Crippen molar-refractivity contribution in [1.82, 2.24) is 0 Å². The predicted octanol–water partition coefficient (Wildman–Crippen LogP) is 18.8. The summed E-state index contributed by atoms with van der Waals surface area (Å²) in [6, 6.07) is 93.9. The number of rotatable bonds is 8. The molecule has 2 nitrogen and oxygen atoms in total. The molecule has 0 spiro atoms. The molecule has 0 aromatic heterocycles. The van der Waals surface area contributed by atoms with Gasteiger partial charge in [-0.25, -0.2) is 0 Å². The maximum atomic E-state index is 4.58. The Kier molecular flexibility index (Phi) is 10.9. The number of hydrogen-bond acceptors (Lipinski definition) is 2. The number of allylic oxidation sites excluding steroid dienone is 4. The molecule has 13 rings (SSSR count). The van der Waals surface area contributed by atoms with Crippen molar-refractivity contribution in [1.29, 1.82) is 0 Å². The number of hydrogen-bond donors (Lipinski definition) is 0. The Morgan fingerprint density at radius 3 is 1.79 bits per heavy atom. The van der Waals surface area contributed by atoms with Gasteiger partial charge in [-0.2, -0.15) is 0 Å². The molecule has 73 heavy (non-hydrogen) atoms. The first-order chi connectivity index (χ1) is 36.0. The molecule has 0 N–H and O–H groups in total. The maximum Gasteiger partial charge on any atom is 0.0713 e. The van der Waals surface area contributed by atoms with E-state index in [1.807, 2.05) is 0 Å². The molecule has 0 fully saturated rings. The summed E-state index contributed by atoms with van der Waals surface area (Å²) in [5.41, 5.74) is 20.9. The largest absolute Gasteiger partial charge is 0.337 e. The Hall–Kier alpha value is -9.24. The molecule has 0 saturated carbocycles. The number of nitrogens with zero attached hydrogens (tertiary/aromatic N) is 2. The SMILES string of the molecule is C=C1/C=C(C)\C=C/CN(c2ccccc2)c2ccc(-c3ccc4cc(N(c5ccccc5)c5ccc(-c6ccc7c(c6)C(c6ccccc6)(c6ccccc6)c6ccccc6-7)c6ccccc56)ccc4c3)cc21. The van der Waals surface area contributed by atoms with Gasteiger partial charge in [-0.1, -0.05) is 218 Å². The fraction of sp³-hybridized carbons (Fsp3) is 0.0423. The van der Waals surface area contributed by atoms with E-state index in [-0.39, 0.29) is 0 Å². The van der Waals surface area contributed by atoms with Crippen molar-refractivity contribution in [3.63, 3.8) is 0 Å². The molecule has 1 aliphatic heterocycles. The average molecular weight is 933 g/mol. The fourth-order valence-electron chi connectivity index (χ4n) is 11.8. The Labute approximate surface area is 428 Å². The van der Waals surface area contributed by atoms with E-state index in [1.54, 1.807) is 0 Å². The summed E-state index contributed by atoms with van der Waals surface area (Å²) in [7, 11) is 0. The number of para-hydroxylation sites is 2. The molecule has 0 radical (unpaired) electrons. The summed E-state index contributed by atoms with van der Waals surface area (Å²) in [4.78, 5) is 4.79. The van der Waals surface area contributed by atoms with Crippen molar-refractivity contribution in [2.24, 2.45) is 0 Å². The van der Waals surface area contributed by atoms with Gasteiger partial charge in [0.25, 0.3) is 0 Å². The van der Waals surface area contributed by atoms with E-state index in [1.165, 1.54) is 77.2 Å². The van der Waals surface area contributed by atoms with Gasteiger partial charge in [-0.15, -0.1) is 0 Å². The van der Waals surface area contributed by atoms with Crippen molar-refractivity contribution in [2.75, 3.05) is 16.3 Å². The van der Waals surface area contributed by atoms with E-state index < -0.39 is 5.41 Å². The van der Waals surface area contributed by atoms with Crippen LogP contribution in [0, 0.1) is 0 Å². The lowest BCUT2D eigenvalue weighted by molar-refractivity contribution is 0.769. The van der Waals surface area contributed by atoms with Crippen LogP contribution >= 0.6 is 0 Å². The minimum atomic E-state index is -0.478. The van der Waals surface area contributed by atoms with Crippen LogP contribution < -0.4 is 9.80 Å². The summed E-state index contributed by atoms with van der Waals surface area (Å²) in [6.45, 7) is 7.49. The number of anilines is 5. The number of benzene rings is 11. The topological polar surface area (TPSA) is 6.48 Å². The first-order valence-corrected chi connectivity index (χ1v) is 25.3. The normalized spacial score (nSPS) is 14.8. The molecule has 0 saturated heterocycles. The van der Waals surface area contributed by atoms with Crippen LogP contribution in [0.4, 0.5) is 28.4 Å². The molecule has 2 aliphatic rings. The first kappa shape index (κ1) is 43.8. The van der Waals surface area contributed by atoms with Gasteiger partial charge in [-0.05, 0) is 151 Å². The second-order valence-electron chi connectivity index (χ2n) is 19.4. The molecule has 0 amide bonds. The van der Waals surface area contributed by atoms with Crippen molar-refractivity contribution < 1.29 is 0 Å². The van der Waals surface area contributed by atoms with Gasteiger partial charge in [0, 0.05) is 40.2 Å². The van der Waals surface area contributed by atoms with Crippen LogP contribution in [0.2, 0.25) is 0 Å². The van der Waals surface area contributed by atoms with E-state index >= 15 is 0 Å². The predicted molar refractivity (Wildman–Crippen MR) is 310 cm³/mol. The van der Waals surface area contributed by atoms with Crippen molar-refractivity contribution in [3.05, 3.63) is 313 Å². The van der Waals surface area contributed by atoms with Gasteiger partial charge in [0.05, 0.1) is 11.1 Å². The average Bonchev–Trinajstić information content (AvgIpc) is 3.78. The summed E-state index contributed by atoms with van der Waals surface area (Å²) in [5, 5.41) is 4.75. The lowest BCUT2D eigenvalue weighted by atomic mass is 9.67. The van der Waals surface area contributed by atoms with Crippen LogP contribution in [0.15, 0.2) is 285 Å². The highest BCUT2D eigenvalue weighted by Gasteiger charge is 2.46. The van der Waals surface area contributed by atoms with E-state index in [2.05, 4.69) is 296 Å². The van der Waals surface area contributed by atoms with Gasteiger partial charge >= 0.3 is 0 Å². The van der Waals surface area contributed by atoms with Gasteiger partial charge in [0.15, 0.2) is 0 Å². The molecule has 11 aromatic rings. The van der Waals surface area contributed by atoms with Crippen LogP contribution in [0.5, 0.6) is 0 Å². The smallest absolute Gasteiger partial charge is 0.0713 e. The third-order valence-corrected chi connectivity index (χ3v) is 15.1. The molecule has 11 aromatic carbocycles. The van der Waals surface area contributed by atoms with E-state index in [9.17, 15) is 0 Å². The highest BCUT2D eigenvalue weighted by atomic mass is 15.1. The summed E-state index contributed by atoms with van der Waals surface area (Å²) >= 11 is 0. The summed E-state index contributed by atoms with van der Waals surface area (Å²) in [6.07, 6.45) is 6.62. The highest BCUT2D eigenvalue weighted by Crippen LogP contribution is 2.57. The van der Waals surface area contributed by atoms with Crippen LogP contribution in [0.3, 0.4) is 0 Å². The quantitative estimate of drug-likeness (QED) is 0.150. The Balaban J connectivity index is 0.906. The van der Waals surface area contributed by atoms with Crippen LogP contribution in [0.1, 0.15) is 34.7 Å². The zero-order chi connectivity index (χ0) is 48.9. The lowest BCUT2D eigenvalue weighted by Crippen LogP contribution is -2.28. The molecule has 1 heterocycles. The van der Waals surface area contributed by atoms with Crippen molar-refractivity contribution >= 4 is 55.6 Å². The zero-order valence-electron chi connectivity index (χ0n) is 40.8. The third kappa shape index (κ3) is 7.50. The maximum absolute atomic E-state index is 4.58. The fourth-order valence-corrected chi connectivity index (χ4v) is 11.8. The molecular formula is C71H52N2. The molecule has 0 atom stereocenters. The monoisotopic (exact) mass is 932 g/mol. The molecule has 346 valence electrons. The Morgan fingerprint density at radius 1 is 0.438 bits per heavy atom. The van der Waals surface area contributed by atoms with E-state index in [0.717, 1.165) is 51.7 Å². The standard InChI is InChI=1S/C71H52N2/c1-49-20-19-43-72(58-25-11-5-12-26-58)69-41-37-54(47-66(69)50(2)44-49)51-33-34-53-46-60(38-35-52(53)45-51)73(59-27-13-6-14-28-59)70-42-40-61(62-29-15-16-31-65(62)70)55-36-39-64-63-30-17-18-32-67(63)71(68(64)48-55,56-21-7-3-8-22-56)57-23-9-4-10-24-57/h3-42,44-48H,2,43H2,1H3/b20-19-,49-44-. The first-order valence-electron chi connectivity index (χ1n) is 25.3. The molecule has 0 bridgehead atoms. The van der Waals surface area contributed by atoms with E-state index in [4.69, 9.17) is 0 Å². The van der Waals surface area contributed by atoms with Gasteiger partial charge in [0.1, 0.15) is 0 Å². The third-order valence-electron chi connectivity index (χ3n) is 15.1.